The van der Waals surface area contributed by atoms with Crippen molar-refractivity contribution in [1.82, 2.24) is 14.4 Å². The molecule has 0 amide bonds. The molecule has 2 heterocycles. The van der Waals surface area contributed by atoms with Gasteiger partial charge in [-0.05, 0) is 38.8 Å². The van der Waals surface area contributed by atoms with Gasteiger partial charge in [-0.25, -0.2) is 8.42 Å². The molecule has 1 aliphatic carbocycles. The summed E-state index contributed by atoms with van der Waals surface area (Å²) in [5.41, 5.74) is 1.14. The summed E-state index contributed by atoms with van der Waals surface area (Å²) in [5, 5.41) is 3.76. The Labute approximate surface area is 123 Å². The van der Waals surface area contributed by atoms with Crippen molar-refractivity contribution in [2.75, 3.05) is 0 Å². The molecule has 1 aliphatic rings. The molecule has 0 saturated heterocycles. The zero-order chi connectivity index (χ0) is 15.0. The Hall–Kier alpha value is -1.73. The van der Waals surface area contributed by atoms with Gasteiger partial charge in [-0.15, -0.1) is 0 Å². The van der Waals surface area contributed by atoms with Gasteiger partial charge in [0.2, 0.25) is 10.0 Å². The quantitative estimate of drug-likeness (QED) is 0.845. The largest absolute Gasteiger partial charge is 0.360 e. The van der Waals surface area contributed by atoms with E-state index in [1.54, 1.807) is 20.0 Å². The van der Waals surface area contributed by atoms with Crippen LogP contribution in [0.25, 0.3) is 0 Å². The third-order valence-corrected chi connectivity index (χ3v) is 5.68. The van der Waals surface area contributed by atoms with Crippen LogP contribution in [-0.2, 0) is 16.6 Å². The Morgan fingerprint density at radius 3 is 2.62 bits per heavy atom. The van der Waals surface area contributed by atoms with E-state index in [1.807, 2.05) is 18.2 Å². The Morgan fingerprint density at radius 2 is 2.10 bits per heavy atom. The molecule has 1 saturated carbocycles. The van der Waals surface area contributed by atoms with Crippen LogP contribution >= 0.6 is 0 Å². The molecule has 21 heavy (non-hydrogen) atoms. The van der Waals surface area contributed by atoms with Crippen LogP contribution in [-0.4, -0.2) is 28.9 Å². The van der Waals surface area contributed by atoms with Crippen molar-refractivity contribution in [3.05, 3.63) is 41.5 Å². The highest BCUT2D eigenvalue weighted by Gasteiger charge is 2.40. The maximum atomic E-state index is 12.9. The number of nitrogens with zero attached hydrogens (tertiary/aromatic N) is 3. The van der Waals surface area contributed by atoms with Gasteiger partial charge in [0.1, 0.15) is 10.6 Å². The zero-order valence-electron chi connectivity index (χ0n) is 12.0. The lowest BCUT2D eigenvalue weighted by Crippen LogP contribution is -2.33. The van der Waals surface area contributed by atoms with Crippen molar-refractivity contribution >= 4 is 10.0 Å². The van der Waals surface area contributed by atoms with Gasteiger partial charge in [0.05, 0.1) is 12.2 Å². The molecule has 0 aliphatic heterocycles. The molecule has 3 rings (SSSR count). The predicted octanol–water partition coefficient (Wildman–Crippen LogP) is 2.04. The summed E-state index contributed by atoms with van der Waals surface area (Å²) in [5.74, 6) is 0.333. The van der Waals surface area contributed by atoms with E-state index in [0.29, 0.717) is 11.5 Å². The molecule has 0 bridgehead atoms. The molecule has 2 aromatic heterocycles. The van der Waals surface area contributed by atoms with Crippen molar-refractivity contribution in [3.63, 3.8) is 0 Å². The summed E-state index contributed by atoms with van der Waals surface area (Å²) >= 11 is 0. The normalized spacial score (nSPS) is 15.6. The van der Waals surface area contributed by atoms with E-state index in [4.69, 9.17) is 4.52 Å². The second kappa shape index (κ2) is 5.23. The molecule has 6 nitrogen and oxygen atoms in total. The first-order valence-electron chi connectivity index (χ1n) is 6.85. The number of rotatable bonds is 5. The van der Waals surface area contributed by atoms with E-state index in [1.165, 1.54) is 4.31 Å². The van der Waals surface area contributed by atoms with Gasteiger partial charge in [-0.3, -0.25) is 4.98 Å². The van der Waals surface area contributed by atoms with Crippen LogP contribution in [0.4, 0.5) is 0 Å². The summed E-state index contributed by atoms with van der Waals surface area (Å²) < 4.78 is 32.4. The van der Waals surface area contributed by atoms with E-state index < -0.39 is 10.0 Å². The van der Waals surface area contributed by atoms with E-state index in [-0.39, 0.29) is 17.5 Å². The van der Waals surface area contributed by atoms with Crippen molar-refractivity contribution in [2.45, 2.75) is 44.2 Å². The van der Waals surface area contributed by atoms with Gasteiger partial charge >= 0.3 is 0 Å². The summed E-state index contributed by atoms with van der Waals surface area (Å²) in [6, 6.07) is 5.55. The van der Waals surface area contributed by atoms with Gasteiger partial charge in [0.25, 0.3) is 0 Å². The summed E-state index contributed by atoms with van der Waals surface area (Å²) in [6.07, 6.45) is 3.44. The molecule has 7 heteroatoms. The Kier molecular flexibility index (Phi) is 3.54. The van der Waals surface area contributed by atoms with Crippen molar-refractivity contribution in [2.24, 2.45) is 0 Å². The second-order valence-corrected chi connectivity index (χ2v) is 7.08. The number of aryl methyl sites for hydroxylation is 2. The van der Waals surface area contributed by atoms with E-state index in [9.17, 15) is 8.42 Å². The summed E-state index contributed by atoms with van der Waals surface area (Å²) in [7, 11) is -3.62. The van der Waals surface area contributed by atoms with Crippen molar-refractivity contribution in [3.8, 4) is 0 Å². The van der Waals surface area contributed by atoms with Crippen LogP contribution in [0.2, 0.25) is 0 Å². The fourth-order valence-electron chi connectivity index (χ4n) is 2.38. The van der Waals surface area contributed by atoms with Crippen LogP contribution in [0, 0.1) is 13.8 Å². The molecule has 0 N–H and O–H groups in total. The number of pyridine rings is 1. The molecule has 0 aromatic carbocycles. The SMILES string of the molecule is Cc1noc(C)c1S(=O)(=O)N(Cc1ccccn1)C1CC1. The van der Waals surface area contributed by atoms with Crippen molar-refractivity contribution < 1.29 is 12.9 Å². The van der Waals surface area contributed by atoms with Crippen LogP contribution in [0.15, 0.2) is 33.8 Å². The lowest BCUT2D eigenvalue weighted by Gasteiger charge is -2.21. The zero-order valence-corrected chi connectivity index (χ0v) is 12.8. The lowest BCUT2D eigenvalue weighted by molar-refractivity contribution is 0.383. The average Bonchev–Trinajstić information content (AvgIpc) is 3.22. The fourth-order valence-corrected chi connectivity index (χ4v) is 4.34. The maximum Gasteiger partial charge on any atom is 0.249 e. The molecule has 112 valence electrons. The first-order chi connectivity index (χ1) is 10.00. The predicted molar refractivity (Wildman–Crippen MR) is 76.0 cm³/mol. The minimum absolute atomic E-state index is 0.0470. The highest BCUT2D eigenvalue weighted by atomic mass is 32.2. The molecule has 1 fully saturated rings. The van der Waals surface area contributed by atoms with Gasteiger partial charge in [0.15, 0.2) is 5.76 Å². The molecule has 0 radical (unpaired) electrons. The summed E-state index contributed by atoms with van der Waals surface area (Å²) in [6.45, 7) is 3.55. The Balaban J connectivity index is 1.97. The first kappa shape index (κ1) is 14.2. The third kappa shape index (κ3) is 2.71. The number of aromatic nitrogens is 2. The van der Waals surface area contributed by atoms with Crippen LogP contribution in [0.5, 0.6) is 0 Å². The second-order valence-electron chi connectivity index (χ2n) is 5.26. The van der Waals surface area contributed by atoms with E-state index >= 15 is 0 Å². The molecule has 2 aromatic rings. The Morgan fingerprint density at radius 1 is 1.33 bits per heavy atom. The molecule has 0 spiro atoms. The maximum absolute atomic E-state index is 12.9. The van der Waals surface area contributed by atoms with Crippen LogP contribution in [0.3, 0.4) is 0 Å². The smallest absolute Gasteiger partial charge is 0.249 e. The number of hydrogen-bond acceptors (Lipinski definition) is 5. The van der Waals surface area contributed by atoms with Crippen LogP contribution in [0.1, 0.15) is 30.0 Å². The van der Waals surface area contributed by atoms with Gasteiger partial charge in [-0.1, -0.05) is 11.2 Å². The molecule has 0 unspecified atom stereocenters. The summed E-state index contributed by atoms with van der Waals surface area (Å²) in [4.78, 5) is 4.41. The molecular weight excluding hydrogens is 290 g/mol. The topological polar surface area (TPSA) is 76.3 Å². The van der Waals surface area contributed by atoms with E-state index in [2.05, 4.69) is 10.1 Å². The fraction of sp³-hybridized carbons (Fsp3) is 0.429. The molecule has 0 atom stereocenters. The number of hydrogen-bond donors (Lipinski definition) is 0. The monoisotopic (exact) mass is 307 g/mol. The molecular formula is C14H17N3O3S. The number of sulfonamides is 1. The Bertz CT molecular complexity index is 717. The van der Waals surface area contributed by atoms with Crippen LogP contribution < -0.4 is 0 Å². The standard InChI is InChI=1S/C14H17N3O3S/c1-10-14(11(2)20-16-10)21(18,19)17(13-6-7-13)9-12-5-3-4-8-15-12/h3-5,8,13H,6-7,9H2,1-2H3. The minimum Gasteiger partial charge on any atom is -0.360 e. The highest BCUT2D eigenvalue weighted by Crippen LogP contribution is 2.35. The third-order valence-electron chi connectivity index (χ3n) is 3.53. The van der Waals surface area contributed by atoms with Gasteiger partial charge in [0, 0.05) is 12.2 Å². The lowest BCUT2D eigenvalue weighted by atomic mass is 10.3. The highest BCUT2D eigenvalue weighted by molar-refractivity contribution is 7.89. The van der Waals surface area contributed by atoms with Crippen molar-refractivity contribution in [1.29, 1.82) is 0 Å². The minimum atomic E-state index is -3.62. The van der Waals surface area contributed by atoms with Gasteiger partial charge in [-0.2, -0.15) is 4.31 Å². The first-order valence-corrected chi connectivity index (χ1v) is 8.29. The average molecular weight is 307 g/mol. The van der Waals surface area contributed by atoms with Gasteiger partial charge < -0.3 is 4.52 Å². The van der Waals surface area contributed by atoms with E-state index in [0.717, 1.165) is 18.5 Å².